The highest BCUT2D eigenvalue weighted by molar-refractivity contribution is 5.83. The Hall–Kier alpha value is -4.66. The third kappa shape index (κ3) is 12.2. The molecule has 1 aliphatic rings. The van der Waals surface area contributed by atoms with Gasteiger partial charge < -0.3 is 41.0 Å². The number of aliphatic hydroxyl groups excluding tert-OH is 1. The first-order chi connectivity index (χ1) is 26.6. The van der Waals surface area contributed by atoms with Gasteiger partial charge in [0.05, 0.1) is 24.6 Å². The Kier molecular flexibility index (Phi) is 16.1. The Labute approximate surface area is 328 Å². The number of ether oxygens (including phenoxy) is 1. The molecule has 5 atom stereocenters. The molecule has 1 saturated carbocycles. The van der Waals surface area contributed by atoms with Crippen LogP contribution in [0.3, 0.4) is 0 Å². The first kappa shape index (κ1) is 44.1. The highest BCUT2D eigenvalue weighted by atomic mass is 19.1. The van der Waals surface area contributed by atoms with Gasteiger partial charge in [-0.15, -0.1) is 0 Å². The van der Waals surface area contributed by atoms with Crippen molar-refractivity contribution in [2.24, 2.45) is 17.1 Å². The summed E-state index contributed by atoms with van der Waals surface area (Å²) in [5.74, 6) is -2.76. The molecule has 0 radical (unpaired) electrons. The monoisotopic (exact) mass is 780 g/mol. The van der Waals surface area contributed by atoms with Crippen LogP contribution in [0.1, 0.15) is 83.5 Å². The lowest BCUT2D eigenvalue weighted by Crippen LogP contribution is -2.49. The van der Waals surface area contributed by atoms with Crippen LogP contribution in [-0.4, -0.2) is 89.7 Å². The summed E-state index contributed by atoms with van der Waals surface area (Å²) in [5, 5.41) is 18.7. The molecule has 6 N–H and O–H groups in total. The van der Waals surface area contributed by atoms with Crippen molar-refractivity contribution < 1.29 is 37.8 Å². The van der Waals surface area contributed by atoms with E-state index in [9.17, 15) is 28.7 Å². The lowest BCUT2D eigenvalue weighted by Gasteiger charge is -2.41. The molecule has 0 aliphatic heterocycles. The minimum absolute atomic E-state index is 0.0207. The molecule has 56 heavy (non-hydrogen) atoms. The van der Waals surface area contributed by atoms with Gasteiger partial charge in [-0.2, -0.15) is 0 Å². The van der Waals surface area contributed by atoms with Crippen molar-refractivity contribution in [3.8, 4) is 11.1 Å². The summed E-state index contributed by atoms with van der Waals surface area (Å²) in [6.45, 7) is 7.95. The molecular formula is C42H58F2N6O6. The molecule has 0 spiro atoms. The molecule has 1 heterocycles. The van der Waals surface area contributed by atoms with E-state index in [2.05, 4.69) is 16.0 Å². The maximum atomic E-state index is 15.1. The van der Waals surface area contributed by atoms with Crippen LogP contribution >= 0.6 is 0 Å². The van der Waals surface area contributed by atoms with Crippen LogP contribution < -0.4 is 21.7 Å². The van der Waals surface area contributed by atoms with Gasteiger partial charge in [-0.1, -0.05) is 58.0 Å². The van der Waals surface area contributed by atoms with Crippen molar-refractivity contribution in [2.75, 3.05) is 33.4 Å². The number of nitrogens with zero attached hydrogens (tertiary/aromatic N) is 2. The normalized spacial score (nSPS) is 17.2. The molecule has 306 valence electrons. The quantitative estimate of drug-likeness (QED) is 0.112. The minimum Gasteiger partial charge on any atom is -0.387 e. The molecule has 12 nitrogen and oxygen atoms in total. The molecule has 3 aromatic rings. The van der Waals surface area contributed by atoms with E-state index < -0.39 is 47.6 Å². The van der Waals surface area contributed by atoms with Crippen LogP contribution in [-0.2, 0) is 30.5 Å². The molecule has 14 heteroatoms. The van der Waals surface area contributed by atoms with Crippen molar-refractivity contribution in [1.82, 2.24) is 25.4 Å². The highest BCUT2D eigenvalue weighted by Gasteiger charge is 2.38. The number of hydrogen-bond acceptors (Lipinski definition) is 7. The molecule has 1 aliphatic carbocycles. The Morgan fingerprint density at radius 2 is 1.75 bits per heavy atom. The number of amides is 4. The van der Waals surface area contributed by atoms with Crippen LogP contribution in [0, 0.1) is 23.0 Å². The van der Waals surface area contributed by atoms with Gasteiger partial charge in [0.25, 0.3) is 0 Å². The summed E-state index contributed by atoms with van der Waals surface area (Å²) in [4.78, 5) is 53.3. The molecule has 4 unspecified atom stereocenters. The summed E-state index contributed by atoms with van der Waals surface area (Å²) in [6.07, 6.45) is 4.25. The largest absolute Gasteiger partial charge is 0.387 e. The van der Waals surface area contributed by atoms with E-state index in [1.165, 1.54) is 4.90 Å². The molecule has 4 amide bonds. The zero-order chi connectivity index (χ0) is 41.0. The van der Waals surface area contributed by atoms with E-state index in [1.807, 2.05) is 62.6 Å². The summed E-state index contributed by atoms with van der Waals surface area (Å²) >= 11 is 0. The van der Waals surface area contributed by atoms with Crippen molar-refractivity contribution in [2.45, 2.75) is 97.0 Å². The number of halogens is 2. The topological polar surface area (TPSA) is 168 Å². The second-order valence-corrected chi connectivity index (χ2v) is 15.6. The van der Waals surface area contributed by atoms with E-state index in [0.717, 1.165) is 30.2 Å². The summed E-state index contributed by atoms with van der Waals surface area (Å²) < 4.78 is 36.5. The van der Waals surface area contributed by atoms with Crippen molar-refractivity contribution >= 4 is 23.6 Å². The third-order valence-electron chi connectivity index (χ3n) is 10.3. The standard InChI is InChI=1S/C42H58F2N6O6/c1-6-32(56-5)23-37(52)46-17-18-47-40(54)28-12-14-31(20-28)48-41(55)35(45)16-19-50(38(53)26-51)39(42(2,3)4)36-21-29(33-22-30(43)13-15-34(33)44)25-49(36)24-27-10-8-7-9-11-27/h7-11,13,15,21-22,25,28,31-32,35,39,51H,6,12,14,16-20,23-24,26,45H2,1-5H3,(H,46,52)(H,47,54)(H,48,55)/t28-,31?,32?,35?,39?/m1/s1. The van der Waals surface area contributed by atoms with Crippen LogP contribution in [0.15, 0.2) is 60.8 Å². The van der Waals surface area contributed by atoms with E-state index in [4.69, 9.17) is 10.5 Å². The maximum absolute atomic E-state index is 15.1. The van der Waals surface area contributed by atoms with Gasteiger partial charge in [-0.25, -0.2) is 8.78 Å². The van der Waals surface area contributed by atoms with Crippen molar-refractivity contribution in [3.05, 3.63) is 83.7 Å². The van der Waals surface area contributed by atoms with Gasteiger partial charge in [-0.05, 0) is 67.3 Å². The number of benzene rings is 2. The predicted octanol–water partition coefficient (Wildman–Crippen LogP) is 4.44. The Morgan fingerprint density at radius 1 is 1.04 bits per heavy atom. The second kappa shape index (κ2) is 20.5. The fourth-order valence-electron chi connectivity index (χ4n) is 7.37. The number of rotatable bonds is 19. The van der Waals surface area contributed by atoms with Crippen molar-refractivity contribution in [3.63, 3.8) is 0 Å². The van der Waals surface area contributed by atoms with Gasteiger partial charge in [0.2, 0.25) is 23.6 Å². The average Bonchev–Trinajstić information content (AvgIpc) is 3.81. The molecule has 0 saturated heterocycles. The number of carbonyl (C=O) groups excluding carboxylic acids is 4. The summed E-state index contributed by atoms with van der Waals surface area (Å²) in [5.41, 5.74) is 7.85. The Bertz CT molecular complexity index is 1780. The van der Waals surface area contributed by atoms with E-state index >= 15 is 4.39 Å². The molecule has 4 rings (SSSR count). The van der Waals surface area contributed by atoms with Gasteiger partial charge in [0, 0.05) is 68.3 Å². The van der Waals surface area contributed by atoms with Gasteiger partial charge in [-0.3, -0.25) is 19.2 Å². The minimum atomic E-state index is -1.00. The predicted molar refractivity (Wildman–Crippen MR) is 210 cm³/mol. The molecular weight excluding hydrogens is 722 g/mol. The maximum Gasteiger partial charge on any atom is 0.248 e. The number of hydrogen-bond donors (Lipinski definition) is 5. The van der Waals surface area contributed by atoms with E-state index in [0.29, 0.717) is 43.6 Å². The lowest BCUT2D eigenvalue weighted by molar-refractivity contribution is -0.140. The van der Waals surface area contributed by atoms with Crippen molar-refractivity contribution in [1.29, 1.82) is 0 Å². The number of carbonyl (C=O) groups is 4. The average molecular weight is 781 g/mol. The lowest BCUT2D eigenvalue weighted by atomic mass is 9.82. The van der Waals surface area contributed by atoms with Crippen LogP contribution in [0.25, 0.3) is 11.1 Å². The highest BCUT2D eigenvalue weighted by Crippen LogP contribution is 2.41. The number of methoxy groups -OCH3 is 1. The number of nitrogens with one attached hydrogen (secondary N) is 3. The number of aromatic nitrogens is 1. The fourth-order valence-corrected chi connectivity index (χ4v) is 7.37. The molecule has 2 aromatic carbocycles. The van der Waals surface area contributed by atoms with E-state index in [-0.39, 0.29) is 61.4 Å². The van der Waals surface area contributed by atoms with Gasteiger partial charge in [0.15, 0.2) is 0 Å². The van der Waals surface area contributed by atoms with E-state index in [1.54, 1.807) is 19.4 Å². The van der Waals surface area contributed by atoms with Crippen LogP contribution in [0.2, 0.25) is 0 Å². The Balaban J connectivity index is 1.43. The zero-order valence-electron chi connectivity index (χ0n) is 33.2. The molecule has 1 fully saturated rings. The van der Waals surface area contributed by atoms with Crippen LogP contribution in [0.4, 0.5) is 8.78 Å². The first-order valence-electron chi connectivity index (χ1n) is 19.4. The molecule has 0 bridgehead atoms. The number of aliphatic hydroxyl groups is 1. The SMILES string of the molecule is CCC(CC(=O)NCCNC(=O)[C@@H]1CCC(NC(=O)C(N)CCN(C(=O)CO)C(c2cc(-c3cc(F)ccc3F)cn2Cc2ccccc2)C(C)(C)C)C1)OC. The first-order valence-corrected chi connectivity index (χ1v) is 19.4. The number of nitrogens with two attached hydrogens (primary N) is 1. The zero-order valence-corrected chi connectivity index (χ0v) is 33.2. The van der Waals surface area contributed by atoms with Crippen LogP contribution in [0.5, 0.6) is 0 Å². The summed E-state index contributed by atoms with van der Waals surface area (Å²) in [7, 11) is 1.57. The Morgan fingerprint density at radius 3 is 2.41 bits per heavy atom. The fraction of sp³-hybridized carbons (Fsp3) is 0.524. The smallest absolute Gasteiger partial charge is 0.248 e. The van der Waals surface area contributed by atoms with Gasteiger partial charge in [0.1, 0.15) is 18.2 Å². The van der Waals surface area contributed by atoms with Gasteiger partial charge >= 0.3 is 0 Å². The second-order valence-electron chi connectivity index (χ2n) is 15.6. The molecule has 1 aromatic heterocycles. The summed E-state index contributed by atoms with van der Waals surface area (Å²) in [6, 6.07) is 12.7. The third-order valence-corrected chi connectivity index (χ3v) is 10.3.